The van der Waals surface area contributed by atoms with Gasteiger partial charge in [0, 0.05) is 12.2 Å². The molecule has 7 heteroatoms. The van der Waals surface area contributed by atoms with Crippen molar-refractivity contribution in [2.75, 3.05) is 5.32 Å². The molecule has 0 aliphatic rings. The molecule has 0 bridgehead atoms. The zero-order chi connectivity index (χ0) is 18.8. The van der Waals surface area contributed by atoms with Crippen LogP contribution in [0.4, 0.5) is 23.2 Å². The van der Waals surface area contributed by atoms with Crippen LogP contribution in [0.15, 0.2) is 30.3 Å². The molecule has 0 unspecified atom stereocenters. The number of rotatable bonds is 3. The van der Waals surface area contributed by atoms with E-state index in [1.807, 2.05) is 32.9 Å². The highest BCUT2D eigenvalue weighted by Gasteiger charge is 2.31. The summed E-state index contributed by atoms with van der Waals surface area (Å²) in [5.74, 6) is -0.935. The van der Waals surface area contributed by atoms with E-state index in [0.717, 1.165) is 34.5 Å². The Morgan fingerprint density at radius 1 is 0.960 bits per heavy atom. The highest BCUT2D eigenvalue weighted by Crippen LogP contribution is 2.30. The molecule has 2 rings (SSSR count). The van der Waals surface area contributed by atoms with Crippen LogP contribution in [0.25, 0.3) is 0 Å². The Morgan fingerprint density at radius 2 is 1.60 bits per heavy atom. The predicted molar refractivity (Wildman–Crippen MR) is 95.1 cm³/mol. The molecule has 0 aromatic heterocycles. The minimum absolute atomic E-state index is 0.0173. The smallest absolute Gasteiger partial charge is 0.358 e. The molecule has 0 saturated carbocycles. The van der Waals surface area contributed by atoms with Gasteiger partial charge in [-0.1, -0.05) is 6.07 Å². The molecule has 0 fully saturated rings. The number of thiocarbonyl (C=S) groups is 1. The van der Waals surface area contributed by atoms with Crippen LogP contribution in [0.3, 0.4) is 0 Å². The molecule has 2 N–H and O–H groups in total. The van der Waals surface area contributed by atoms with Gasteiger partial charge in [-0.25, -0.2) is 4.39 Å². The van der Waals surface area contributed by atoms with Crippen molar-refractivity contribution in [3.05, 3.63) is 64.0 Å². The van der Waals surface area contributed by atoms with E-state index in [2.05, 4.69) is 10.6 Å². The number of benzene rings is 2. The molecule has 0 saturated heterocycles. The summed E-state index contributed by atoms with van der Waals surface area (Å²) in [7, 11) is 0. The van der Waals surface area contributed by atoms with Crippen molar-refractivity contribution in [3.63, 3.8) is 0 Å². The first-order chi connectivity index (χ1) is 11.6. The maximum absolute atomic E-state index is 13.4. The molecule has 0 amide bonds. The molecule has 0 atom stereocenters. The van der Waals surface area contributed by atoms with Gasteiger partial charge in [0.2, 0.25) is 0 Å². The summed E-state index contributed by atoms with van der Waals surface area (Å²) in [6.45, 7) is 5.89. The van der Waals surface area contributed by atoms with Crippen LogP contribution in [0.2, 0.25) is 0 Å². The van der Waals surface area contributed by atoms with Crippen molar-refractivity contribution >= 4 is 23.0 Å². The van der Waals surface area contributed by atoms with Gasteiger partial charge in [0.15, 0.2) is 5.11 Å². The fourth-order valence-corrected chi connectivity index (χ4v) is 2.54. The van der Waals surface area contributed by atoms with Crippen molar-refractivity contribution in [2.45, 2.75) is 33.5 Å². The Kier molecular flexibility index (Phi) is 5.67. The highest BCUT2D eigenvalue weighted by atomic mass is 32.1. The van der Waals surface area contributed by atoms with Crippen molar-refractivity contribution in [3.8, 4) is 0 Å². The van der Waals surface area contributed by atoms with Gasteiger partial charge in [0.25, 0.3) is 0 Å². The second kappa shape index (κ2) is 7.39. The lowest BCUT2D eigenvalue weighted by Crippen LogP contribution is -2.28. The molecule has 134 valence electrons. The molecule has 25 heavy (non-hydrogen) atoms. The lowest BCUT2D eigenvalue weighted by Gasteiger charge is -2.15. The fourth-order valence-electron chi connectivity index (χ4n) is 2.36. The Labute approximate surface area is 149 Å². The SMILES string of the molecule is Cc1cc(C)c(NC(=S)NCc2cc(F)cc(C(F)(F)F)c2)cc1C. The summed E-state index contributed by atoms with van der Waals surface area (Å²) in [4.78, 5) is 0. The van der Waals surface area contributed by atoms with Crippen molar-refractivity contribution in [1.82, 2.24) is 5.32 Å². The van der Waals surface area contributed by atoms with Crippen LogP contribution < -0.4 is 10.6 Å². The van der Waals surface area contributed by atoms with E-state index in [1.54, 1.807) is 0 Å². The van der Waals surface area contributed by atoms with Gasteiger partial charge < -0.3 is 10.6 Å². The minimum Gasteiger partial charge on any atom is -0.358 e. The van der Waals surface area contributed by atoms with Crippen molar-refractivity contribution < 1.29 is 17.6 Å². The Hall–Kier alpha value is -2.15. The van der Waals surface area contributed by atoms with Crippen LogP contribution in [0.1, 0.15) is 27.8 Å². The van der Waals surface area contributed by atoms with Crippen LogP contribution >= 0.6 is 12.2 Å². The Bertz CT molecular complexity index is 800. The molecule has 0 aliphatic heterocycles. The van der Waals surface area contributed by atoms with E-state index in [0.29, 0.717) is 6.07 Å². The molecule has 2 aromatic rings. The molecular formula is C18H18F4N2S. The molecule has 2 aromatic carbocycles. The summed E-state index contributed by atoms with van der Waals surface area (Å²) in [5.41, 5.74) is 3.20. The topological polar surface area (TPSA) is 24.1 Å². The Morgan fingerprint density at radius 3 is 2.24 bits per heavy atom. The van der Waals surface area contributed by atoms with Gasteiger partial charge >= 0.3 is 6.18 Å². The van der Waals surface area contributed by atoms with Crippen LogP contribution in [-0.4, -0.2) is 5.11 Å². The van der Waals surface area contributed by atoms with E-state index in [4.69, 9.17) is 12.2 Å². The fraction of sp³-hybridized carbons (Fsp3) is 0.278. The van der Waals surface area contributed by atoms with Gasteiger partial charge in [-0.05, 0) is 79.5 Å². The first-order valence-electron chi connectivity index (χ1n) is 7.55. The largest absolute Gasteiger partial charge is 0.416 e. The standard InChI is InChI=1S/C18H18F4N2S/c1-10-4-12(3)16(5-11(10)2)24-17(25)23-9-13-6-14(18(20,21)22)8-15(19)7-13/h4-8H,9H2,1-3H3,(H2,23,24,25). The van der Waals surface area contributed by atoms with Gasteiger partial charge in [-0.3, -0.25) is 0 Å². The van der Waals surface area contributed by atoms with Gasteiger partial charge in [0.1, 0.15) is 5.82 Å². The average molecular weight is 370 g/mol. The number of nitrogens with one attached hydrogen (secondary N) is 2. The molecule has 0 heterocycles. The summed E-state index contributed by atoms with van der Waals surface area (Å²) in [6, 6.07) is 6.38. The second-order valence-corrected chi connectivity index (χ2v) is 6.31. The molecule has 0 spiro atoms. The maximum Gasteiger partial charge on any atom is 0.416 e. The lowest BCUT2D eigenvalue weighted by molar-refractivity contribution is -0.137. The predicted octanol–water partition coefficient (Wildman–Crippen LogP) is 5.26. The monoisotopic (exact) mass is 370 g/mol. The summed E-state index contributed by atoms with van der Waals surface area (Å²) in [6.07, 6.45) is -4.59. The first kappa shape index (κ1) is 19.2. The average Bonchev–Trinajstić information content (AvgIpc) is 2.49. The third-order valence-electron chi connectivity index (χ3n) is 3.83. The molecule has 0 aliphatic carbocycles. The number of anilines is 1. The number of aryl methyl sites for hydroxylation is 3. The molecule has 0 radical (unpaired) electrons. The van der Waals surface area contributed by atoms with Gasteiger partial charge in [0.05, 0.1) is 5.56 Å². The normalized spacial score (nSPS) is 11.3. The molecule has 2 nitrogen and oxygen atoms in total. The summed E-state index contributed by atoms with van der Waals surface area (Å²) in [5, 5.41) is 6.07. The number of halogens is 4. The highest BCUT2D eigenvalue weighted by molar-refractivity contribution is 7.80. The zero-order valence-corrected chi connectivity index (χ0v) is 14.8. The number of hydrogen-bond donors (Lipinski definition) is 2. The van der Waals surface area contributed by atoms with Crippen LogP contribution in [0.5, 0.6) is 0 Å². The van der Waals surface area contributed by atoms with E-state index in [-0.39, 0.29) is 17.2 Å². The lowest BCUT2D eigenvalue weighted by atomic mass is 10.1. The van der Waals surface area contributed by atoms with Crippen molar-refractivity contribution in [2.24, 2.45) is 0 Å². The van der Waals surface area contributed by atoms with Crippen LogP contribution in [0, 0.1) is 26.6 Å². The minimum atomic E-state index is -4.59. The first-order valence-corrected chi connectivity index (χ1v) is 7.96. The van der Waals surface area contributed by atoms with Crippen LogP contribution in [-0.2, 0) is 12.7 Å². The Balaban J connectivity index is 2.06. The summed E-state index contributed by atoms with van der Waals surface area (Å²) < 4.78 is 51.6. The van der Waals surface area contributed by atoms with E-state index >= 15 is 0 Å². The zero-order valence-electron chi connectivity index (χ0n) is 14.0. The van der Waals surface area contributed by atoms with Crippen molar-refractivity contribution in [1.29, 1.82) is 0 Å². The van der Waals surface area contributed by atoms with E-state index in [1.165, 1.54) is 0 Å². The third-order valence-corrected chi connectivity index (χ3v) is 4.07. The maximum atomic E-state index is 13.4. The number of alkyl halides is 3. The quantitative estimate of drug-likeness (QED) is 0.570. The van der Waals surface area contributed by atoms with Gasteiger partial charge in [-0.2, -0.15) is 13.2 Å². The second-order valence-electron chi connectivity index (χ2n) is 5.90. The van der Waals surface area contributed by atoms with E-state index in [9.17, 15) is 17.6 Å². The molecular weight excluding hydrogens is 352 g/mol. The third kappa shape index (κ3) is 5.16. The van der Waals surface area contributed by atoms with Gasteiger partial charge in [-0.15, -0.1) is 0 Å². The summed E-state index contributed by atoms with van der Waals surface area (Å²) >= 11 is 5.17. The van der Waals surface area contributed by atoms with E-state index < -0.39 is 17.6 Å². The number of hydrogen-bond acceptors (Lipinski definition) is 1.